The third-order valence-corrected chi connectivity index (χ3v) is 6.46. The molecule has 0 aromatic heterocycles. The van der Waals surface area contributed by atoms with Gasteiger partial charge in [0.25, 0.3) is 10.1 Å². The summed E-state index contributed by atoms with van der Waals surface area (Å²) in [4.78, 5) is 33.4. The zero-order valence-corrected chi connectivity index (χ0v) is 22.0. The number of carbonyl (C=O) groups is 3. The molecule has 34 heavy (non-hydrogen) atoms. The van der Waals surface area contributed by atoms with Gasteiger partial charge in [-0.15, -0.1) is 0 Å². The highest BCUT2D eigenvalue weighted by Gasteiger charge is 2.26. The number of rotatable bonds is 11. The minimum absolute atomic E-state index is 0.0255. The Morgan fingerprint density at radius 2 is 1.47 bits per heavy atom. The Kier molecular flexibility index (Phi) is 13.0. The van der Waals surface area contributed by atoms with Crippen molar-refractivity contribution < 1.29 is 41.6 Å². The molecule has 0 fully saturated rings. The van der Waals surface area contributed by atoms with Crippen molar-refractivity contribution in [2.45, 2.75) is 77.5 Å². The third kappa shape index (κ3) is 11.6. The van der Waals surface area contributed by atoms with E-state index in [0.29, 0.717) is 12.8 Å². The van der Waals surface area contributed by atoms with Crippen molar-refractivity contribution in [3.05, 3.63) is 29.8 Å². The molecule has 9 nitrogen and oxygen atoms in total. The van der Waals surface area contributed by atoms with Gasteiger partial charge in [0.05, 0.1) is 24.0 Å². The van der Waals surface area contributed by atoms with E-state index < -0.39 is 34.1 Å². The van der Waals surface area contributed by atoms with Crippen LogP contribution in [0.15, 0.2) is 29.2 Å². The Hall–Kier alpha value is -2.46. The van der Waals surface area contributed by atoms with Crippen LogP contribution < -0.4 is 0 Å². The first-order chi connectivity index (χ1) is 15.6. The van der Waals surface area contributed by atoms with Gasteiger partial charge < -0.3 is 14.2 Å². The van der Waals surface area contributed by atoms with Gasteiger partial charge in [-0.2, -0.15) is 8.42 Å². The first-order valence-corrected chi connectivity index (χ1v) is 12.5. The molecule has 0 aliphatic rings. The van der Waals surface area contributed by atoms with Crippen LogP contribution in [0.25, 0.3) is 0 Å². The summed E-state index contributed by atoms with van der Waals surface area (Å²) in [5, 5.41) is 0. The van der Waals surface area contributed by atoms with E-state index in [4.69, 9.17) is 9.29 Å². The SMILES string of the molecule is CCC(C)(C)C(=O)OCCCC(=O)OCC(=O)OC.CCC(C)(C)c1ccc(S(=O)(=O)O)cc1. The van der Waals surface area contributed by atoms with Crippen LogP contribution in [0, 0.1) is 5.41 Å². The molecule has 1 aromatic rings. The van der Waals surface area contributed by atoms with Crippen molar-refractivity contribution in [3.8, 4) is 0 Å². The highest BCUT2D eigenvalue weighted by Crippen LogP contribution is 2.27. The van der Waals surface area contributed by atoms with Gasteiger partial charge in [0.15, 0.2) is 6.61 Å². The molecule has 0 amide bonds. The van der Waals surface area contributed by atoms with Crippen LogP contribution in [0.5, 0.6) is 0 Å². The summed E-state index contributed by atoms with van der Waals surface area (Å²) in [5.41, 5.74) is 0.584. The van der Waals surface area contributed by atoms with E-state index in [2.05, 4.69) is 30.2 Å². The molecular formula is C24H38O9S. The Labute approximate surface area is 202 Å². The van der Waals surface area contributed by atoms with Gasteiger partial charge in [0.2, 0.25) is 0 Å². The zero-order chi connectivity index (χ0) is 26.6. The highest BCUT2D eigenvalue weighted by atomic mass is 32.2. The van der Waals surface area contributed by atoms with E-state index in [1.54, 1.807) is 26.0 Å². The molecule has 194 valence electrons. The van der Waals surface area contributed by atoms with Crippen LogP contribution >= 0.6 is 0 Å². The number of hydrogen-bond acceptors (Lipinski definition) is 8. The fraction of sp³-hybridized carbons (Fsp3) is 0.625. The molecule has 10 heteroatoms. The van der Waals surface area contributed by atoms with Crippen LogP contribution in [0.2, 0.25) is 0 Å². The van der Waals surface area contributed by atoms with E-state index in [1.165, 1.54) is 19.2 Å². The predicted octanol–water partition coefficient (Wildman–Crippen LogP) is 4.08. The second kappa shape index (κ2) is 14.1. The molecule has 0 saturated carbocycles. The van der Waals surface area contributed by atoms with Crippen molar-refractivity contribution in [3.63, 3.8) is 0 Å². The predicted molar refractivity (Wildman–Crippen MR) is 127 cm³/mol. The van der Waals surface area contributed by atoms with Gasteiger partial charge in [-0.05, 0) is 56.2 Å². The van der Waals surface area contributed by atoms with Gasteiger partial charge in [-0.1, -0.05) is 39.8 Å². The van der Waals surface area contributed by atoms with Crippen molar-refractivity contribution >= 4 is 28.0 Å². The lowest BCUT2D eigenvalue weighted by Gasteiger charge is -2.23. The molecule has 0 saturated heterocycles. The molecular weight excluding hydrogens is 464 g/mol. The molecule has 0 aliphatic carbocycles. The average Bonchev–Trinajstić information content (AvgIpc) is 2.79. The van der Waals surface area contributed by atoms with Crippen molar-refractivity contribution in [2.75, 3.05) is 20.3 Å². The number of benzene rings is 1. The van der Waals surface area contributed by atoms with E-state index in [9.17, 15) is 22.8 Å². The smallest absolute Gasteiger partial charge is 0.344 e. The fourth-order valence-electron chi connectivity index (χ4n) is 2.27. The zero-order valence-electron chi connectivity index (χ0n) is 21.2. The summed E-state index contributed by atoms with van der Waals surface area (Å²) in [7, 11) is -2.86. The lowest BCUT2D eigenvalue weighted by molar-refractivity contribution is -0.158. The number of esters is 3. The van der Waals surface area contributed by atoms with Gasteiger partial charge in [0.1, 0.15) is 0 Å². The topological polar surface area (TPSA) is 133 Å². The summed E-state index contributed by atoms with van der Waals surface area (Å²) < 4.78 is 44.5. The molecule has 0 unspecified atom stereocenters. The minimum atomic E-state index is -4.07. The van der Waals surface area contributed by atoms with Crippen molar-refractivity contribution in [1.82, 2.24) is 0 Å². The van der Waals surface area contributed by atoms with E-state index in [0.717, 1.165) is 12.0 Å². The Morgan fingerprint density at radius 1 is 0.912 bits per heavy atom. The summed E-state index contributed by atoms with van der Waals surface area (Å²) in [6.07, 6.45) is 2.12. The Morgan fingerprint density at radius 3 is 1.91 bits per heavy atom. The minimum Gasteiger partial charge on any atom is -0.466 e. The van der Waals surface area contributed by atoms with Crippen LogP contribution in [0.1, 0.15) is 72.8 Å². The van der Waals surface area contributed by atoms with E-state index in [1.807, 2.05) is 6.92 Å². The van der Waals surface area contributed by atoms with Crippen molar-refractivity contribution in [1.29, 1.82) is 0 Å². The molecule has 0 radical (unpaired) electrons. The lowest BCUT2D eigenvalue weighted by atomic mass is 9.82. The Balaban J connectivity index is 0.000000657. The summed E-state index contributed by atoms with van der Waals surface area (Å²) in [6, 6.07) is 6.35. The number of hydrogen-bond donors (Lipinski definition) is 1. The first kappa shape index (κ1) is 31.5. The lowest BCUT2D eigenvalue weighted by Crippen LogP contribution is -2.26. The second-order valence-electron chi connectivity index (χ2n) is 8.95. The average molecular weight is 503 g/mol. The number of ether oxygens (including phenoxy) is 3. The maximum absolute atomic E-state index is 11.6. The monoisotopic (exact) mass is 502 g/mol. The molecule has 1 aromatic carbocycles. The van der Waals surface area contributed by atoms with Crippen molar-refractivity contribution in [2.24, 2.45) is 5.41 Å². The van der Waals surface area contributed by atoms with Gasteiger partial charge in [-0.25, -0.2) is 4.79 Å². The standard InChI is InChI=1S/C13H22O6.C11H16O3S/c1-5-13(2,3)12(16)18-8-6-7-10(14)19-9-11(15)17-4;1-4-11(2,3)9-5-7-10(8-6-9)15(12,13)14/h5-9H2,1-4H3;5-8H,4H2,1-3H3,(H,12,13,14). The molecule has 0 heterocycles. The molecule has 1 rings (SSSR count). The van der Waals surface area contributed by atoms with Gasteiger partial charge >= 0.3 is 17.9 Å². The van der Waals surface area contributed by atoms with E-state index >= 15 is 0 Å². The maximum atomic E-state index is 11.6. The van der Waals surface area contributed by atoms with Gasteiger partial charge in [0, 0.05) is 6.42 Å². The second-order valence-corrected chi connectivity index (χ2v) is 10.4. The van der Waals surface area contributed by atoms with Crippen LogP contribution in [0.3, 0.4) is 0 Å². The van der Waals surface area contributed by atoms with Crippen LogP contribution in [-0.2, 0) is 44.1 Å². The number of carbonyl (C=O) groups excluding carboxylic acids is 3. The van der Waals surface area contributed by atoms with Crippen LogP contribution in [0.4, 0.5) is 0 Å². The largest absolute Gasteiger partial charge is 0.466 e. The fourth-order valence-corrected chi connectivity index (χ4v) is 2.75. The van der Waals surface area contributed by atoms with Gasteiger partial charge in [-0.3, -0.25) is 14.1 Å². The highest BCUT2D eigenvalue weighted by molar-refractivity contribution is 7.85. The summed E-state index contributed by atoms with van der Waals surface area (Å²) in [5.74, 6) is -1.40. The molecule has 0 aliphatic heterocycles. The first-order valence-electron chi connectivity index (χ1n) is 11.1. The Bertz CT molecular complexity index is 901. The molecule has 0 bridgehead atoms. The van der Waals surface area contributed by atoms with E-state index in [-0.39, 0.29) is 29.3 Å². The number of methoxy groups -OCH3 is 1. The quantitative estimate of drug-likeness (QED) is 0.205. The summed E-state index contributed by atoms with van der Waals surface area (Å²) in [6.45, 7) is 11.6. The third-order valence-electron chi connectivity index (χ3n) is 5.59. The molecule has 1 N–H and O–H groups in total. The van der Waals surface area contributed by atoms with Crippen LogP contribution in [-0.4, -0.2) is 51.2 Å². The summed E-state index contributed by atoms with van der Waals surface area (Å²) >= 11 is 0. The molecule has 0 atom stereocenters. The molecule has 0 spiro atoms. The normalized spacial score (nSPS) is 11.6. The maximum Gasteiger partial charge on any atom is 0.344 e.